The monoisotopic (exact) mass is 323 g/mol. The molecule has 2 aromatic carbocycles. The van der Waals surface area contributed by atoms with Gasteiger partial charge in [0.15, 0.2) is 11.5 Å². The molecule has 0 aliphatic heterocycles. The first kappa shape index (κ1) is 15.8. The number of pyridine rings is 1. The Labute approximate surface area is 139 Å². The smallest absolute Gasteiger partial charge is 0.215 e. The second-order valence-corrected chi connectivity index (χ2v) is 5.12. The van der Waals surface area contributed by atoms with Crippen molar-refractivity contribution in [3.8, 4) is 17.2 Å². The van der Waals surface area contributed by atoms with Crippen molar-refractivity contribution in [3.05, 3.63) is 59.9 Å². The molecule has 0 aliphatic carbocycles. The van der Waals surface area contributed by atoms with E-state index in [2.05, 4.69) is 4.98 Å². The predicted octanol–water partition coefficient (Wildman–Crippen LogP) is 3.49. The molecule has 5 heteroatoms. The fraction of sp³-hybridized carbons (Fsp3) is 0.158. The van der Waals surface area contributed by atoms with Crippen molar-refractivity contribution in [2.24, 2.45) is 0 Å². The van der Waals surface area contributed by atoms with E-state index in [1.54, 1.807) is 18.3 Å². The van der Waals surface area contributed by atoms with E-state index in [0.29, 0.717) is 28.5 Å². The van der Waals surface area contributed by atoms with Crippen LogP contribution in [0.1, 0.15) is 16.1 Å². The van der Waals surface area contributed by atoms with E-state index in [-0.39, 0.29) is 5.78 Å². The van der Waals surface area contributed by atoms with E-state index in [4.69, 9.17) is 14.2 Å². The fourth-order valence-electron chi connectivity index (χ4n) is 2.63. The first-order valence-electron chi connectivity index (χ1n) is 7.38. The van der Waals surface area contributed by atoms with Crippen molar-refractivity contribution in [2.75, 3.05) is 21.3 Å². The van der Waals surface area contributed by atoms with Crippen LogP contribution in [0.25, 0.3) is 10.8 Å². The number of rotatable bonds is 5. The highest BCUT2D eigenvalue weighted by Crippen LogP contribution is 2.36. The molecule has 1 aromatic heterocycles. The van der Waals surface area contributed by atoms with Crippen LogP contribution in [0.15, 0.2) is 48.7 Å². The summed E-state index contributed by atoms with van der Waals surface area (Å²) in [6.07, 6.45) is 1.63. The molecule has 1 heterocycles. The van der Waals surface area contributed by atoms with Crippen LogP contribution in [0.5, 0.6) is 17.2 Å². The summed E-state index contributed by atoms with van der Waals surface area (Å²) in [7, 11) is 4.56. The lowest BCUT2D eigenvalue weighted by molar-refractivity contribution is 0.103. The number of hydrogen-bond donors (Lipinski definition) is 0. The number of nitrogens with zero attached hydrogens (tertiary/aromatic N) is 1. The molecule has 0 radical (unpaired) electrons. The number of ether oxygens (including phenoxy) is 3. The lowest BCUT2D eigenvalue weighted by atomic mass is 10.0. The number of hydrogen-bond acceptors (Lipinski definition) is 5. The molecule has 3 rings (SSSR count). The lowest BCUT2D eigenvalue weighted by Crippen LogP contribution is -2.08. The third-order valence-electron chi connectivity index (χ3n) is 3.84. The zero-order valence-corrected chi connectivity index (χ0v) is 13.7. The van der Waals surface area contributed by atoms with Crippen LogP contribution in [0.3, 0.4) is 0 Å². The molecule has 3 aromatic rings. The van der Waals surface area contributed by atoms with Gasteiger partial charge in [-0.2, -0.15) is 0 Å². The van der Waals surface area contributed by atoms with Gasteiger partial charge in [-0.05, 0) is 17.5 Å². The maximum absolute atomic E-state index is 13.1. The molecule has 0 spiro atoms. The van der Waals surface area contributed by atoms with Crippen molar-refractivity contribution >= 4 is 16.6 Å². The maximum atomic E-state index is 13.1. The summed E-state index contributed by atoms with van der Waals surface area (Å²) in [5, 5.41) is 1.75. The van der Waals surface area contributed by atoms with Gasteiger partial charge in [-0.1, -0.05) is 24.3 Å². The Hall–Kier alpha value is -3.08. The zero-order chi connectivity index (χ0) is 17.1. The summed E-state index contributed by atoms with van der Waals surface area (Å²) in [6, 6.07) is 12.8. The molecule has 0 saturated heterocycles. The maximum Gasteiger partial charge on any atom is 0.215 e. The molecule has 0 aliphatic rings. The molecule has 0 fully saturated rings. The zero-order valence-electron chi connectivity index (χ0n) is 13.7. The highest BCUT2D eigenvalue weighted by atomic mass is 16.5. The Morgan fingerprint density at radius 2 is 1.54 bits per heavy atom. The average Bonchev–Trinajstić information content (AvgIpc) is 2.65. The average molecular weight is 323 g/mol. The van der Waals surface area contributed by atoms with Crippen molar-refractivity contribution in [2.45, 2.75) is 0 Å². The summed E-state index contributed by atoms with van der Waals surface area (Å²) in [4.78, 5) is 17.3. The van der Waals surface area contributed by atoms with E-state index >= 15 is 0 Å². The molecule has 0 atom stereocenters. The Bertz CT molecular complexity index is 900. The van der Waals surface area contributed by atoms with Crippen LogP contribution in [0.4, 0.5) is 0 Å². The molecule has 0 saturated carbocycles. The standard InChI is InChI=1S/C19H17NO4/c1-22-15-11-17(24-3)16(23-2)10-14(15)19(21)18-13-7-5-4-6-12(13)8-9-20-18/h4-11H,1-3H3. The number of carbonyl (C=O) groups is 1. The third-order valence-corrected chi connectivity index (χ3v) is 3.84. The van der Waals surface area contributed by atoms with Crippen molar-refractivity contribution in [1.29, 1.82) is 0 Å². The molecular weight excluding hydrogens is 306 g/mol. The summed E-state index contributed by atoms with van der Waals surface area (Å²) in [6.45, 7) is 0. The number of ketones is 1. The van der Waals surface area contributed by atoms with Gasteiger partial charge in [0.05, 0.1) is 26.9 Å². The van der Waals surface area contributed by atoms with Crippen LogP contribution in [0, 0.1) is 0 Å². The molecule has 24 heavy (non-hydrogen) atoms. The molecule has 5 nitrogen and oxygen atoms in total. The van der Waals surface area contributed by atoms with Crippen LogP contribution in [-0.4, -0.2) is 32.1 Å². The normalized spacial score (nSPS) is 10.5. The van der Waals surface area contributed by atoms with E-state index in [1.165, 1.54) is 21.3 Å². The van der Waals surface area contributed by atoms with Crippen molar-refractivity contribution in [1.82, 2.24) is 4.98 Å². The molecule has 0 N–H and O–H groups in total. The Morgan fingerprint density at radius 1 is 0.875 bits per heavy atom. The molecule has 0 unspecified atom stereocenters. The summed E-state index contributed by atoms with van der Waals surface area (Å²) in [5.41, 5.74) is 0.748. The highest BCUT2D eigenvalue weighted by molar-refractivity contribution is 6.16. The topological polar surface area (TPSA) is 57.7 Å². The number of fused-ring (bicyclic) bond motifs is 1. The van der Waals surface area contributed by atoms with Gasteiger partial charge in [0.25, 0.3) is 0 Å². The number of benzene rings is 2. The minimum atomic E-state index is -0.232. The van der Waals surface area contributed by atoms with Gasteiger partial charge in [-0.15, -0.1) is 0 Å². The van der Waals surface area contributed by atoms with Crippen molar-refractivity contribution < 1.29 is 19.0 Å². The summed E-state index contributed by atoms with van der Waals surface area (Å²) < 4.78 is 15.9. The van der Waals surface area contributed by atoms with E-state index in [1.807, 2.05) is 30.3 Å². The molecular formula is C19H17NO4. The van der Waals surface area contributed by atoms with Crippen molar-refractivity contribution in [3.63, 3.8) is 0 Å². The first-order valence-corrected chi connectivity index (χ1v) is 7.38. The van der Waals surface area contributed by atoms with Gasteiger partial charge in [0.2, 0.25) is 5.78 Å². The Morgan fingerprint density at radius 3 is 2.25 bits per heavy atom. The van der Waals surface area contributed by atoms with Crippen LogP contribution >= 0.6 is 0 Å². The second-order valence-electron chi connectivity index (χ2n) is 5.12. The first-order chi connectivity index (χ1) is 11.7. The molecule has 122 valence electrons. The summed E-state index contributed by atoms with van der Waals surface area (Å²) in [5.74, 6) is 1.13. The van der Waals surface area contributed by atoms with Crippen LogP contribution in [0.2, 0.25) is 0 Å². The Balaban J connectivity index is 2.19. The van der Waals surface area contributed by atoms with E-state index in [0.717, 1.165) is 10.8 Å². The number of methoxy groups -OCH3 is 3. The number of aromatic nitrogens is 1. The minimum absolute atomic E-state index is 0.232. The number of carbonyl (C=O) groups excluding carboxylic acids is 1. The van der Waals surface area contributed by atoms with E-state index in [9.17, 15) is 4.79 Å². The predicted molar refractivity (Wildman–Crippen MR) is 91.3 cm³/mol. The Kier molecular flexibility index (Phi) is 4.33. The largest absolute Gasteiger partial charge is 0.496 e. The highest BCUT2D eigenvalue weighted by Gasteiger charge is 2.21. The van der Waals surface area contributed by atoms with Gasteiger partial charge in [0.1, 0.15) is 11.4 Å². The van der Waals surface area contributed by atoms with Gasteiger partial charge < -0.3 is 14.2 Å². The van der Waals surface area contributed by atoms with Crippen LogP contribution < -0.4 is 14.2 Å². The lowest BCUT2D eigenvalue weighted by Gasteiger charge is -2.13. The van der Waals surface area contributed by atoms with E-state index < -0.39 is 0 Å². The van der Waals surface area contributed by atoms with Gasteiger partial charge in [0, 0.05) is 17.6 Å². The molecule has 0 bridgehead atoms. The summed E-state index contributed by atoms with van der Waals surface area (Å²) >= 11 is 0. The van der Waals surface area contributed by atoms with Gasteiger partial charge in [-0.25, -0.2) is 0 Å². The van der Waals surface area contributed by atoms with Gasteiger partial charge >= 0.3 is 0 Å². The van der Waals surface area contributed by atoms with Gasteiger partial charge in [-0.3, -0.25) is 9.78 Å². The van der Waals surface area contributed by atoms with Crippen LogP contribution in [-0.2, 0) is 0 Å². The minimum Gasteiger partial charge on any atom is -0.496 e. The quantitative estimate of drug-likeness (QED) is 0.673. The fourth-order valence-corrected chi connectivity index (χ4v) is 2.63. The second kappa shape index (κ2) is 6.58. The molecule has 0 amide bonds. The SMILES string of the molecule is COc1cc(OC)c(C(=O)c2nccc3ccccc23)cc1OC. The third kappa shape index (κ3) is 2.65.